The monoisotopic (exact) mass is 335 g/mol. The van der Waals surface area contributed by atoms with Gasteiger partial charge in [-0.15, -0.1) is 0 Å². The fraction of sp³-hybridized carbons (Fsp3) is 0.190. The molecule has 4 nitrogen and oxygen atoms in total. The molecule has 0 saturated carbocycles. The van der Waals surface area contributed by atoms with Crippen molar-refractivity contribution in [1.29, 1.82) is 0 Å². The molecule has 0 radical (unpaired) electrons. The molecule has 0 aliphatic carbocycles. The average molecular weight is 335 g/mol. The predicted octanol–water partition coefficient (Wildman–Crippen LogP) is 4.05. The number of benzene rings is 2. The second kappa shape index (κ2) is 6.13. The Kier molecular flexibility index (Phi) is 4.13. The normalized spacial score (nSPS) is 11.5. The zero-order chi connectivity index (χ0) is 18.3. The van der Waals surface area contributed by atoms with Crippen LogP contribution in [0.4, 0.5) is 0 Å². The van der Waals surface area contributed by atoms with Gasteiger partial charge in [0, 0.05) is 24.1 Å². The van der Waals surface area contributed by atoms with Gasteiger partial charge in [0.2, 0.25) is 0 Å². The molecule has 3 rings (SSSR count). The topological polar surface area (TPSA) is 62.5 Å². The van der Waals surface area contributed by atoms with Gasteiger partial charge in [0.15, 0.2) is 0 Å². The molecule has 25 heavy (non-hydrogen) atoms. The van der Waals surface area contributed by atoms with Crippen molar-refractivity contribution in [2.24, 2.45) is 7.05 Å². The molecule has 3 aromatic rings. The third kappa shape index (κ3) is 2.91. The lowest BCUT2D eigenvalue weighted by Gasteiger charge is -2.11. The van der Waals surface area contributed by atoms with E-state index in [1.807, 2.05) is 51.1 Å². The van der Waals surface area contributed by atoms with Crippen LogP contribution in [0.25, 0.3) is 23.1 Å². The molecular weight excluding hydrogens is 314 g/mol. The predicted molar refractivity (Wildman–Crippen MR) is 102 cm³/mol. The SMILES string of the molecule is Cc1cc(/C=C/c2c(C)c3ccc(O)cc3n(C)c2=O)cc(C)c1O. The first-order chi connectivity index (χ1) is 11.8. The summed E-state index contributed by atoms with van der Waals surface area (Å²) in [4.78, 5) is 12.7. The number of aromatic nitrogens is 1. The van der Waals surface area contributed by atoms with Gasteiger partial charge in [0.1, 0.15) is 11.5 Å². The maximum Gasteiger partial charge on any atom is 0.258 e. The van der Waals surface area contributed by atoms with Crippen molar-refractivity contribution in [3.05, 3.63) is 68.5 Å². The molecule has 0 unspecified atom stereocenters. The second-order valence-corrected chi connectivity index (χ2v) is 6.44. The average Bonchev–Trinajstić information content (AvgIpc) is 2.57. The van der Waals surface area contributed by atoms with Crippen LogP contribution >= 0.6 is 0 Å². The third-order valence-electron chi connectivity index (χ3n) is 4.64. The molecule has 0 bridgehead atoms. The van der Waals surface area contributed by atoms with Crippen molar-refractivity contribution in [2.45, 2.75) is 20.8 Å². The fourth-order valence-corrected chi connectivity index (χ4v) is 3.17. The standard InChI is InChI=1S/C21H21NO3/c1-12-9-15(10-13(2)20(12)24)5-7-18-14(3)17-8-6-16(23)11-19(17)22(4)21(18)25/h5-11,23-24H,1-4H3/b7-5+. The summed E-state index contributed by atoms with van der Waals surface area (Å²) >= 11 is 0. The first kappa shape index (κ1) is 16.8. The van der Waals surface area contributed by atoms with Crippen molar-refractivity contribution in [1.82, 2.24) is 4.57 Å². The number of fused-ring (bicyclic) bond motifs is 1. The van der Waals surface area contributed by atoms with E-state index in [0.29, 0.717) is 16.8 Å². The largest absolute Gasteiger partial charge is 0.508 e. The van der Waals surface area contributed by atoms with Crippen LogP contribution in [0.3, 0.4) is 0 Å². The first-order valence-corrected chi connectivity index (χ1v) is 8.10. The van der Waals surface area contributed by atoms with Gasteiger partial charge in [-0.2, -0.15) is 0 Å². The summed E-state index contributed by atoms with van der Waals surface area (Å²) in [5.41, 5.74) is 4.62. The fourth-order valence-electron chi connectivity index (χ4n) is 3.17. The van der Waals surface area contributed by atoms with Crippen LogP contribution in [0.2, 0.25) is 0 Å². The number of aryl methyl sites for hydroxylation is 4. The molecule has 0 spiro atoms. The minimum atomic E-state index is -0.112. The molecule has 0 aliphatic rings. The number of aromatic hydroxyl groups is 2. The van der Waals surface area contributed by atoms with Gasteiger partial charge < -0.3 is 14.8 Å². The van der Waals surface area contributed by atoms with Crippen molar-refractivity contribution in [3.63, 3.8) is 0 Å². The Balaban J connectivity index is 2.17. The highest BCUT2D eigenvalue weighted by Gasteiger charge is 2.11. The van der Waals surface area contributed by atoms with E-state index in [1.54, 1.807) is 23.7 Å². The van der Waals surface area contributed by atoms with Crippen LogP contribution in [0, 0.1) is 20.8 Å². The number of nitrogens with zero attached hydrogens (tertiary/aromatic N) is 1. The Morgan fingerprint density at radius 2 is 1.60 bits per heavy atom. The lowest BCUT2D eigenvalue weighted by atomic mass is 10.0. The molecule has 1 heterocycles. The van der Waals surface area contributed by atoms with Gasteiger partial charge in [-0.1, -0.05) is 6.08 Å². The molecule has 2 aromatic carbocycles. The lowest BCUT2D eigenvalue weighted by molar-refractivity contribution is 0.467. The summed E-state index contributed by atoms with van der Waals surface area (Å²) in [5.74, 6) is 0.440. The summed E-state index contributed by atoms with van der Waals surface area (Å²) in [6.07, 6.45) is 3.70. The zero-order valence-corrected chi connectivity index (χ0v) is 14.8. The molecule has 0 atom stereocenters. The second-order valence-electron chi connectivity index (χ2n) is 6.44. The van der Waals surface area contributed by atoms with Crippen LogP contribution in [0.1, 0.15) is 27.8 Å². The van der Waals surface area contributed by atoms with Crippen LogP contribution in [0.15, 0.2) is 35.1 Å². The van der Waals surface area contributed by atoms with Gasteiger partial charge in [0.25, 0.3) is 5.56 Å². The number of phenols is 2. The van der Waals surface area contributed by atoms with E-state index >= 15 is 0 Å². The Morgan fingerprint density at radius 3 is 2.24 bits per heavy atom. The van der Waals surface area contributed by atoms with E-state index in [9.17, 15) is 15.0 Å². The Bertz CT molecular complexity index is 1050. The maximum absolute atomic E-state index is 12.7. The zero-order valence-electron chi connectivity index (χ0n) is 14.8. The van der Waals surface area contributed by atoms with E-state index < -0.39 is 0 Å². The van der Waals surface area contributed by atoms with E-state index in [1.165, 1.54) is 0 Å². The molecule has 0 amide bonds. The first-order valence-electron chi connectivity index (χ1n) is 8.10. The van der Waals surface area contributed by atoms with E-state index in [4.69, 9.17) is 0 Å². The summed E-state index contributed by atoms with van der Waals surface area (Å²) in [5, 5.41) is 20.5. The number of phenolic OH excluding ortho intramolecular Hbond substituents is 2. The highest BCUT2D eigenvalue weighted by molar-refractivity contribution is 5.88. The Hall–Kier alpha value is -3.01. The Labute approximate surface area is 146 Å². The van der Waals surface area contributed by atoms with Gasteiger partial charge in [-0.3, -0.25) is 4.79 Å². The Morgan fingerprint density at radius 1 is 0.960 bits per heavy atom. The minimum Gasteiger partial charge on any atom is -0.508 e. The van der Waals surface area contributed by atoms with Gasteiger partial charge in [-0.05, 0) is 73.4 Å². The number of hydrogen-bond acceptors (Lipinski definition) is 3. The van der Waals surface area contributed by atoms with Crippen molar-refractivity contribution in [2.75, 3.05) is 0 Å². The molecule has 0 saturated heterocycles. The van der Waals surface area contributed by atoms with E-state index in [0.717, 1.165) is 27.6 Å². The van der Waals surface area contributed by atoms with E-state index in [2.05, 4.69) is 0 Å². The van der Waals surface area contributed by atoms with Crippen LogP contribution in [-0.4, -0.2) is 14.8 Å². The molecule has 2 N–H and O–H groups in total. The molecule has 0 aliphatic heterocycles. The summed E-state index contributed by atoms with van der Waals surface area (Å²) in [6.45, 7) is 5.62. The number of rotatable bonds is 2. The van der Waals surface area contributed by atoms with Crippen LogP contribution in [-0.2, 0) is 7.05 Å². The minimum absolute atomic E-state index is 0.112. The summed E-state index contributed by atoms with van der Waals surface area (Å²) < 4.78 is 1.55. The van der Waals surface area contributed by atoms with Crippen LogP contribution in [0.5, 0.6) is 11.5 Å². The highest BCUT2D eigenvalue weighted by Crippen LogP contribution is 2.26. The van der Waals surface area contributed by atoms with Gasteiger partial charge in [-0.25, -0.2) is 0 Å². The molecular formula is C21H21NO3. The lowest BCUT2D eigenvalue weighted by Crippen LogP contribution is -2.20. The van der Waals surface area contributed by atoms with Crippen molar-refractivity contribution < 1.29 is 10.2 Å². The number of hydrogen-bond donors (Lipinski definition) is 2. The van der Waals surface area contributed by atoms with Crippen molar-refractivity contribution >= 4 is 23.1 Å². The van der Waals surface area contributed by atoms with Gasteiger partial charge >= 0.3 is 0 Å². The smallest absolute Gasteiger partial charge is 0.258 e. The molecule has 128 valence electrons. The van der Waals surface area contributed by atoms with Crippen LogP contribution < -0.4 is 5.56 Å². The quantitative estimate of drug-likeness (QED) is 0.743. The summed E-state index contributed by atoms with van der Waals surface area (Å²) in [6, 6.07) is 8.82. The maximum atomic E-state index is 12.7. The summed E-state index contributed by atoms with van der Waals surface area (Å²) in [7, 11) is 1.70. The number of pyridine rings is 1. The van der Waals surface area contributed by atoms with Gasteiger partial charge in [0.05, 0.1) is 5.52 Å². The van der Waals surface area contributed by atoms with Crippen molar-refractivity contribution in [3.8, 4) is 11.5 Å². The third-order valence-corrected chi connectivity index (χ3v) is 4.64. The highest BCUT2D eigenvalue weighted by atomic mass is 16.3. The van der Waals surface area contributed by atoms with E-state index in [-0.39, 0.29) is 11.3 Å². The molecule has 0 fully saturated rings. The molecule has 4 heteroatoms. The molecule has 1 aromatic heterocycles.